The summed E-state index contributed by atoms with van der Waals surface area (Å²) in [5, 5.41) is 10.4. The van der Waals surface area contributed by atoms with Crippen molar-refractivity contribution in [1.29, 1.82) is 0 Å². The Morgan fingerprint density at radius 3 is 2.41 bits per heavy atom. The van der Waals surface area contributed by atoms with Crippen molar-refractivity contribution >= 4 is 15.9 Å². The zero-order valence-electron chi connectivity index (χ0n) is 10.8. The van der Waals surface area contributed by atoms with Crippen LogP contribution in [-0.4, -0.2) is 41.6 Å². The standard InChI is InChI=1S/C14H26BrNO/c15-11-14(6-3-1-2-4-7-14)12-16-8-5-13(9-16)10-17/h13,17H,1-12H2. The van der Waals surface area contributed by atoms with Crippen molar-refractivity contribution in [1.82, 2.24) is 4.90 Å². The van der Waals surface area contributed by atoms with Crippen molar-refractivity contribution in [2.75, 3.05) is 31.6 Å². The monoisotopic (exact) mass is 303 g/mol. The number of alkyl halides is 1. The Bertz CT molecular complexity index is 226. The van der Waals surface area contributed by atoms with Crippen LogP contribution in [0.15, 0.2) is 0 Å². The van der Waals surface area contributed by atoms with Crippen LogP contribution in [0.1, 0.15) is 44.9 Å². The fourth-order valence-corrected chi connectivity index (χ4v) is 4.23. The first-order valence-corrected chi connectivity index (χ1v) is 8.29. The lowest BCUT2D eigenvalue weighted by atomic mass is 9.82. The normalized spacial score (nSPS) is 30.4. The van der Waals surface area contributed by atoms with E-state index in [9.17, 15) is 5.11 Å². The highest BCUT2D eigenvalue weighted by Crippen LogP contribution is 2.38. The lowest BCUT2D eigenvalue weighted by Crippen LogP contribution is -2.38. The average molecular weight is 304 g/mol. The minimum absolute atomic E-state index is 0.373. The SMILES string of the molecule is OCC1CCN(CC2(CBr)CCCCCC2)C1. The van der Waals surface area contributed by atoms with Gasteiger partial charge in [-0.15, -0.1) is 0 Å². The van der Waals surface area contributed by atoms with Gasteiger partial charge in [-0.1, -0.05) is 41.6 Å². The predicted octanol–water partition coefficient (Wildman–Crippen LogP) is 3.04. The second kappa shape index (κ2) is 6.53. The van der Waals surface area contributed by atoms with Crippen molar-refractivity contribution in [3.8, 4) is 0 Å². The Hall–Kier alpha value is 0.400. The molecule has 1 saturated heterocycles. The highest BCUT2D eigenvalue weighted by molar-refractivity contribution is 9.09. The highest BCUT2D eigenvalue weighted by Gasteiger charge is 2.34. The maximum absolute atomic E-state index is 9.22. The summed E-state index contributed by atoms with van der Waals surface area (Å²) >= 11 is 3.77. The van der Waals surface area contributed by atoms with E-state index in [0.717, 1.165) is 11.9 Å². The molecule has 2 fully saturated rings. The fraction of sp³-hybridized carbons (Fsp3) is 1.00. The molecule has 1 N–H and O–H groups in total. The van der Waals surface area contributed by atoms with Gasteiger partial charge < -0.3 is 10.0 Å². The van der Waals surface area contributed by atoms with Crippen molar-refractivity contribution in [2.24, 2.45) is 11.3 Å². The Kier molecular flexibility index (Phi) is 5.31. The van der Waals surface area contributed by atoms with Gasteiger partial charge in [0.2, 0.25) is 0 Å². The van der Waals surface area contributed by atoms with E-state index in [1.54, 1.807) is 0 Å². The molecule has 1 aliphatic heterocycles. The van der Waals surface area contributed by atoms with Crippen LogP contribution < -0.4 is 0 Å². The molecule has 100 valence electrons. The minimum atomic E-state index is 0.373. The molecule has 2 nitrogen and oxygen atoms in total. The number of hydrogen-bond donors (Lipinski definition) is 1. The first kappa shape index (κ1) is 13.8. The van der Waals surface area contributed by atoms with Crippen LogP contribution in [0.25, 0.3) is 0 Å². The molecule has 1 aliphatic carbocycles. The maximum Gasteiger partial charge on any atom is 0.0471 e. The third kappa shape index (κ3) is 3.68. The summed E-state index contributed by atoms with van der Waals surface area (Å²) in [6, 6.07) is 0. The summed E-state index contributed by atoms with van der Waals surface area (Å²) in [7, 11) is 0. The number of hydrogen-bond acceptors (Lipinski definition) is 2. The van der Waals surface area contributed by atoms with Crippen LogP contribution in [0.5, 0.6) is 0 Å². The van der Waals surface area contributed by atoms with Gasteiger partial charge in [-0.3, -0.25) is 0 Å². The minimum Gasteiger partial charge on any atom is -0.396 e. The Balaban J connectivity index is 1.89. The van der Waals surface area contributed by atoms with Crippen LogP contribution >= 0.6 is 15.9 Å². The van der Waals surface area contributed by atoms with E-state index >= 15 is 0 Å². The molecule has 1 heterocycles. The van der Waals surface area contributed by atoms with Gasteiger partial charge in [0.1, 0.15) is 0 Å². The van der Waals surface area contributed by atoms with Gasteiger partial charge in [0.25, 0.3) is 0 Å². The van der Waals surface area contributed by atoms with E-state index < -0.39 is 0 Å². The second-order valence-corrected chi connectivity index (χ2v) is 6.68. The summed E-state index contributed by atoms with van der Waals surface area (Å²) in [5.74, 6) is 0.535. The van der Waals surface area contributed by atoms with Gasteiger partial charge in [0, 0.05) is 25.0 Å². The lowest BCUT2D eigenvalue weighted by Gasteiger charge is -2.35. The number of aliphatic hydroxyl groups is 1. The Morgan fingerprint density at radius 1 is 1.18 bits per heavy atom. The van der Waals surface area contributed by atoms with E-state index in [-0.39, 0.29) is 0 Å². The Morgan fingerprint density at radius 2 is 1.88 bits per heavy atom. The third-order valence-corrected chi connectivity index (χ3v) is 5.82. The quantitative estimate of drug-likeness (QED) is 0.637. The van der Waals surface area contributed by atoms with Gasteiger partial charge in [-0.25, -0.2) is 0 Å². The maximum atomic E-state index is 9.22. The summed E-state index contributed by atoms with van der Waals surface area (Å²) < 4.78 is 0. The molecule has 1 saturated carbocycles. The molecule has 0 radical (unpaired) electrons. The van der Waals surface area contributed by atoms with Crippen LogP contribution in [-0.2, 0) is 0 Å². The second-order valence-electron chi connectivity index (χ2n) is 6.12. The van der Waals surface area contributed by atoms with Crippen LogP contribution in [0, 0.1) is 11.3 Å². The van der Waals surface area contributed by atoms with Crippen molar-refractivity contribution < 1.29 is 5.11 Å². The molecule has 2 rings (SSSR count). The molecule has 17 heavy (non-hydrogen) atoms. The van der Waals surface area contributed by atoms with E-state index in [1.165, 1.54) is 58.0 Å². The molecule has 2 aliphatic rings. The summed E-state index contributed by atoms with van der Waals surface area (Å²) in [6.07, 6.45) is 9.62. The van der Waals surface area contributed by atoms with E-state index in [1.807, 2.05) is 0 Å². The van der Waals surface area contributed by atoms with Gasteiger partial charge in [-0.05, 0) is 37.1 Å². The third-order valence-electron chi connectivity index (χ3n) is 4.63. The molecule has 0 amide bonds. The number of nitrogens with zero attached hydrogens (tertiary/aromatic N) is 1. The summed E-state index contributed by atoms with van der Waals surface area (Å²) in [4.78, 5) is 2.59. The van der Waals surface area contributed by atoms with E-state index in [4.69, 9.17) is 0 Å². The van der Waals surface area contributed by atoms with Crippen molar-refractivity contribution in [2.45, 2.75) is 44.9 Å². The smallest absolute Gasteiger partial charge is 0.0471 e. The molecular formula is C14H26BrNO. The fourth-order valence-electron chi connectivity index (χ4n) is 3.49. The molecule has 1 unspecified atom stereocenters. The van der Waals surface area contributed by atoms with Gasteiger partial charge in [-0.2, -0.15) is 0 Å². The zero-order valence-corrected chi connectivity index (χ0v) is 12.4. The lowest BCUT2D eigenvalue weighted by molar-refractivity contribution is 0.161. The largest absolute Gasteiger partial charge is 0.396 e. The number of halogens is 1. The van der Waals surface area contributed by atoms with Crippen LogP contribution in [0.3, 0.4) is 0 Å². The molecular weight excluding hydrogens is 278 g/mol. The zero-order chi connectivity index (χ0) is 12.1. The molecule has 0 aromatic rings. The summed E-state index contributed by atoms with van der Waals surface area (Å²) in [5.41, 5.74) is 0.515. The number of rotatable bonds is 4. The number of aliphatic hydroxyl groups excluding tert-OH is 1. The van der Waals surface area contributed by atoms with Gasteiger partial charge in [0.05, 0.1) is 0 Å². The van der Waals surface area contributed by atoms with Crippen molar-refractivity contribution in [3.63, 3.8) is 0 Å². The van der Waals surface area contributed by atoms with E-state index in [2.05, 4.69) is 20.8 Å². The molecule has 1 atom stereocenters. The Labute approximate surface area is 114 Å². The molecule has 0 bridgehead atoms. The molecule has 0 aromatic heterocycles. The highest BCUT2D eigenvalue weighted by atomic mass is 79.9. The predicted molar refractivity (Wildman–Crippen MR) is 75.6 cm³/mol. The van der Waals surface area contributed by atoms with Gasteiger partial charge in [0.15, 0.2) is 0 Å². The average Bonchev–Trinajstić information content (AvgIpc) is 2.67. The van der Waals surface area contributed by atoms with E-state index in [0.29, 0.717) is 17.9 Å². The number of likely N-dealkylation sites (tertiary alicyclic amines) is 1. The van der Waals surface area contributed by atoms with Crippen molar-refractivity contribution in [3.05, 3.63) is 0 Å². The topological polar surface area (TPSA) is 23.5 Å². The summed E-state index contributed by atoms with van der Waals surface area (Å²) in [6.45, 7) is 3.93. The molecule has 0 aromatic carbocycles. The first-order chi connectivity index (χ1) is 8.28. The van der Waals surface area contributed by atoms with Gasteiger partial charge >= 0.3 is 0 Å². The first-order valence-electron chi connectivity index (χ1n) is 7.17. The van der Waals surface area contributed by atoms with Crippen LogP contribution in [0.4, 0.5) is 0 Å². The molecule has 0 spiro atoms. The molecule has 3 heteroatoms. The van der Waals surface area contributed by atoms with Crippen LogP contribution in [0.2, 0.25) is 0 Å².